The molecule has 0 aliphatic rings. The van der Waals surface area contributed by atoms with Crippen molar-refractivity contribution in [1.82, 2.24) is 5.32 Å². The Balaban J connectivity index is 1.83. The van der Waals surface area contributed by atoms with E-state index in [1.807, 2.05) is 38.1 Å². The number of nitrogens with one attached hydrogen (secondary N) is 2. The Hall–Kier alpha value is -2.80. The quantitative estimate of drug-likeness (QED) is 0.524. The van der Waals surface area contributed by atoms with E-state index < -0.39 is 17.1 Å². The molecular weight excluding hydrogens is 376 g/mol. The van der Waals surface area contributed by atoms with Gasteiger partial charge in [-0.2, -0.15) is 0 Å². The van der Waals surface area contributed by atoms with Crippen molar-refractivity contribution in [3.8, 4) is 0 Å². The molecule has 28 heavy (non-hydrogen) atoms. The second kappa shape index (κ2) is 10.5. The first kappa shape index (κ1) is 21.5. The van der Waals surface area contributed by atoms with E-state index in [9.17, 15) is 14.4 Å². The Labute approximate surface area is 169 Å². The van der Waals surface area contributed by atoms with Gasteiger partial charge in [-0.05, 0) is 51.1 Å². The Kier molecular flexibility index (Phi) is 8.07. The van der Waals surface area contributed by atoms with Crippen molar-refractivity contribution in [2.24, 2.45) is 0 Å². The molecule has 0 saturated carbocycles. The smallest absolute Gasteiger partial charge is 0.319 e. The Morgan fingerprint density at radius 2 is 1.82 bits per heavy atom. The van der Waals surface area contributed by atoms with E-state index >= 15 is 0 Å². The van der Waals surface area contributed by atoms with Crippen LogP contribution in [0.2, 0.25) is 0 Å². The lowest BCUT2D eigenvalue weighted by molar-refractivity contribution is -0.146. The average molecular weight is 401 g/mol. The van der Waals surface area contributed by atoms with Gasteiger partial charge in [0.1, 0.15) is 5.25 Å². The van der Waals surface area contributed by atoms with Crippen molar-refractivity contribution in [1.29, 1.82) is 0 Å². The van der Waals surface area contributed by atoms with Gasteiger partial charge in [0.05, 0.1) is 0 Å². The summed E-state index contributed by atoms with van der Waals surface area (Å²) in [6.07, 6.45) is 0. The number of hydrogen-bond donors (Lipinski definition) is 2. The molecule has 1 atom stereocenters. The van der Waals surface area contributed by atoms with Crippen molar-refractivity contribution in [2.45, 2.75) is 30.9 Å². The number of hydrogen-bond acceptors (Lipinski definition) is 5. The number of benzene rings is 2. The normalized spacial score (nSPS) is 11.4. The first-order chi connectivity index (χ1) is 13.4. The van der Waals surface area contributed by atoms with Crippen LogP contribution in [-0.2, 0) is 14.3 Å². The molecule has 2 rings (SSSR count). The third kappa shape index (κ3) is 6.74. The highest BCUT2D eigenvalue weighted by Gasteiger charge is 2.17. The molecule has 0 unspecified atom stereocenters. The molecule has 6 nitrogen and oxygen atoms in total. The summed E-state index contributed by atoms with van der Waals surface area (Å²) in [5.74, 6) is -1.14. The highest BCUT2D eigenvalue weighted by atomic mass is 32.2. The Morgan fingerprint density at radius 3 is 2.50 bits per heavy atom. The van der Waals surface area contributed by atoms with Gasteiger partial charge in [0.25, 0.3) is 11.8 Å². The lowest BCUT2D eigenvalue weighted by atomic mass is 10.2. The number of aryl methyl sites for hydroxylation is 1. The van der Waals surface area contributed by atoms with Gasteiger partial charge in [-0.15, -0.1) is 11.8 Å². The van der Waals surface area contributed by atoms with Crippen molar-refractivity contribution in [2.75, 3.05) is 18.5 Å². The second-order valence-corrected chi connectivity index (χ2v) is 7.58. The molecular formula is C21H24N2O4S. The molecule has 2 N–H and O–H groups in total. The standard InChI is InChI=1S/C21H24N2O4S/c1-4-22-20(25)16-6-5-7-17(12-16)23-19(24)13-27-21(26)15(3)28-18-10-8-14(2)9-11-18/h5-12,15H,4,13H2,1-3H3,(H,22,25)(H,23,24)/t15-/m1/s1. The summed E-state index contributed by atoms with van der Waals surface area (Å²) in [5, 5.41) is 4.89. The largest absolute Gasteiger partial charge is 0.455 e. The number of carbonyl (C=O) groups excluding carboxylic acids is 3. The highest BCUT2D eigenvalue weighted by Crippen LogP contribution is 2.24. The number of anilines is 1. The zero-order valence-electron chi connectivity index (χ0n) is 16.2. The zero-order chi connectivity index (χ0) is 20.5. The maximum absolute atomic E-state index is 12.1. The summed E-state index contributed by atoms with van der Waals surface area (Å²) in [7, 11) is 0. The van der Waals surface area contributed by atoms with Crippen molar-refractivity contribution in [3.63, 3.8) is 0 Å². The van der Waals surface area contributed by atoms with E-state index in [0.717, 1.165) is 10.5 Å². The highest BCUT2D eigenvalue weighted by molar-refractivity contribution is 8.00. The topological polar surface area (TPSA) is 84.5 Å². The SMILES string of the molecule is CCNC(=O)c1cccc(NC(=O)COC(=O)[C@@H](C)Sc2ccc(C)cc2)c1. The van der Waals surface area contributed by atoms with Crippen LogP contribution < -0.4 is 10.6 Å². The van der Waals surface area contributed by atoms with Gasteiger partial charge in [0, 0.05) is 22.7 Å². The number of ether oxygens (including phenoxy) is 1. The minimum absolute atomic E-state index is 0.216. The van der Waals surface area contributed by atoms with Crippen LogP contribution in [0.4, 0.5) is 5.69 Å². The summed E-state index contributed by atoms with van der Waals surface area (Å²) >= 11 is 1.38. The van der Waals surface area contributed by atoms with E-state index in [4.69, 9.17) is 4.74 Å². The average Bonchev–Trinajstić information content (AvgIpc) is 2.68. The Morgan fingerprint density at radius 1 is 1.11 bits per heavy atom. The zero-order valence-corrected chi connectivity index (χ0v) is 17.0. The van der Waals surface area contributed by atoms with E-state index in [-0.39, 0.29) is 12.5 Å². The van der Waals surface area contributed by atoms with Crippen LogP contribution in [0.15, 0.2) is 53.4 Å². The lowest BCUT2D eigenvalue weighted by Crippen LogP contribution is -2.25. The monoisotopic (exact) mass is 400 g/mol. The molecule has 148 valence electrons. The summed E-state index contributed by atoms with van der Waals surface area (Å²) in [6, 6.07) is 14.4. The molecule has 0 radical (unpaired) electrons. The van der Waals surface area contributed by atoms with Gasteiger partial charge in [-0.1, -0.05) is 23.8 Å². The fourth-order valence-corrected chi connectivity index (χ4v) is 3.19. The predicted molar refractivity (Wildman–Crippen MR) is 111 cm³/mol. The molecule has 0 aromatic heterocycles. The van der Waals surface area contributed by atoms with Gasteiger partial charge >= 0.3 is 5.97 Å². The fraction of sp³-hybridized carbons (Fsp3) is 0.286. The predicted octanol–water partition coefficient (Wildman–Crippen LogP) is 3.41. The van der Waals surface area contributed by atoms with Crippen LogP contribution >= 0.6 is 11.8 Å². The van der Waals surface area contributed by atoms with Gasteiger partial charge in [-0.25, -0.2) is 0 Å². The van der Waals surface area contributed by atoms with Crippen LogP contribution in [0.1, 0.15) is 29.8 Å². The maximum atomic E-state index is 12.1. The van der Waals surface area contributed by atoms with Crippen molar-refractivity contribution in [3.05, 3.63) is 59.7 Å². The van der Waals surface area contributed by atoms with Crippen LogP contribution in [0.5, 0.6) is 0 Å². The number of carbonyl (C=O) groups is 3. The fourth-order valence-electron chi connectivity index (χ4n) is 2.32. The van der Waals surface area contributed by atoms with Gasteiger partial charge in [0.15, 0.2) is 6.61 Å². The molecule has 2 aromatic rings. The molecule has 0 aliphatic heterocycles. The summed E-state index contributed by atoms with van der Waals surface area (Å²) in [5.41, 5.74) is 2.05. The minimum atomic E-state index is -0.464. The summed E-state index contributed by atoms with van der Waals surface area (Å²) in [6.45, 7) is 5.69. The molecule has 0 aliphatic carbocycles. The first-order valence-electron chi connectivity index (χ1n) is 8.97. The third-order valence-corrected chi connectivity index (χ3v) is 4.85. The summed E-state index contributed by atoms with van der Waals surface area (Å²) < 4.78 is 5.10. The number of rotatable bonds is 8. The van der Waals surface area contributed by atoms with Crippen LogP contribution in [0.25, 0.3) is 0 Å². The molecule has 0 saturated heterocycles. The molecule has 0 bridgehead atoms. The number of amides is 2. The molecule has 0 fully saturated rings. The van der Waals surface area contributed by atoms with Crippen LogP contribution in [0.3, 0.4) is 0 Å². The van der Waals surface area contributed by atoms with Gasteiger partial charge in [-0.3, -0.25) is 14.4 Å². The molecule has 7 heteroatoms. The Bertz CT molecular complexity index is 837. The lowest BCUT2D eigenvalue weighted by Gasteiger charge is -2.12. The van der Waals surface area contributed by atoms with E-state index in [1.165, 1.54) is 11.8 Å². The molecule has 2 aromatic carbocycles. The van der Waals surface area contributed by atoms with E-state index in [2.05, 4.69) is 10.6 Å². The van der Waals surface area contributed by atoms with E-state index in [1.54, 1.807) is 31.2 Å². The number of thioether (sulfide) groups is 1. The number of esters is 1. The van der Waals surface area contributed by atoms with Gasteiger partial charge < -0.3 is 15.4 Å². The molecule has 0 spiro atoms. The third-order valence-electron chi connectivity index (χ3n) is 3.76. The molecule has 2 amide bonds. The van der Waals surface area contributed by atoms with Gasteiger partial charge in [0.2, 0.25) is 0 Å². The molecule has 0 heterocycles. The summed E-state index contributed by atoms with van der Waals surface area (Å²) in [4.78, 5) is 37.0. The van der Waals surface area contributed by atoms with Crippen LogP contribution in [0, 0.1) is 6.92 Å². The minimum Gasteiger partial charge on any atom is -0.455 e. The second-order valence-electron chi connectivity index (χ2n) is 6.17. The van der Waals surface area contributed by atoms with E-state index in [0.29, 0.717) is 17.8 Å². The maximum Gasteiger partial charge on any atom is 0.319 e. The van der Waals surface area contributed by atoms with Crippen LogP contribution in [-0.4, -0.2) is 36.2 Å². The van der Waals surface area contributed by atoms with Crippen molar-refractivity contribution < 1.29 is 19.1 Å². The first-order valence-corrected chi connectivity index (χ1v) is 9.85. The van der Waals surface area contributed by atoms with Crippen molar-refractivity contribution >= 4 is 35.2 Å².